The molecule has 1 aromatic heterocycles. The molecule has 0 spiro atoms. The molecule has 2 aromatic rings. The molecule has 0 saturated heterocycles. The first-order valence-corrected chi connectivity index (χ1v) is 9.73. The number of nitrogens with one attached hydrogen (secondary N) is 1. The summed E-state index contributed by atoms with van der Waals surface area (Å²) in [7, 11) is 0. The van der Waals surface area contributed by atoms with Crippen LogP contribution in [0.1, 0.15) is 55.1 Å². The van der Waals surface area contributed by atoms with Crippen LogP contribution >= 0.6 is 11.8 Å². The highest BCUT2D eigenvalue weighted by Gasteiger charge is 2.24. The number of hydrogen-bond donors (Lipinski definition) is 1. The summed E-state index contributed by atoms with van der Waals surface area (Å²) in [6.07, 6.45) is -0.877. The maximum Gasteiger partial charge on any atom is 0.340 e. The van der Waals surface area contributed by atoms with E-state index in [9.17, 15) is 9.59 Å². The Kier molecular flexibility index (Phi) is 6.70. The third-order valence-electron chi connectivity index (χ3n) is 3.81. The van der Waals surface area contributed by atoms with E-state index >= 15 is 0 Å². The van der Waals surface area contributed by atoms with Crippen molar-refractivity contribution in [3.8, 4) is 0 Å². The maximum atomic E-state index is 12.6. The van der Waals surface area contributed by atoms with E-state index < -0.39 is 12.1 Å². The quantitative estimate of drug-likeness (QED) is 0.592. The van der Waals surface area contributed by atoms with Crippen LogP contribution in [0.3, 0.4) is 0 Å². The van der Waals surface area contributed by atoms with Gasteiger partial charge in [0.15, 0.2) is 6.10 Å². The summed E-state index contributed by atoms with van der Waals surface area (Å²) in [5, 5.41) is 6.76. The van der Waals surface area contributed by atoms with Crippen molar-refractivity contribution in [3.05, 3.63) is 46.8 Å². The smallest absolute Gasteiger partial charge is 0.340 e. The Morgan fingerprint density at radius 3 is 2.52 bits per heavy atom. The molecule has 0 radical (unpaired) electrons. The Morgan fingerprint density at radius 1 is 1.26 bits per heavy atom. The minimum Gasteiger partial charge on any atom is -0.449 e. The highest BCUT2D eigenvalue weighted by atomic mass is 32.2. The van der Waals surface area contributed by atoms with Crippen molar-refractivity contribution >= 4 is 23.6 Å². The van der Waals surface area contributed by atoms with Crippen LogP contribution in [-0.4, -0.2) is 28.7 Å². The number of rotatable bonds is 6. The van der Waals surface area contributed by atoms with Crippen LogP contribution in [0.4, 0.5) is 0 Å². The van der Waals surface area contributed by atoms with Gasteiger partial charge in [-0.1, -0.05) is 17.3 Å². The zero-order valence-corrected chi connectivity index (χ0v) is 17.4. The van der Waals surface area contributed by atoms with Crippen LogP contribution in [0.15, 0.2) is 33.7 Å². The zero-order valence-electron chi connectivity index (χ0n) is 16.6. The SMILES string of the molecule is Cc1noc(C)c1CSc1ccccc1C(=O)O[C@H](C)C(=O)NC(C)(C)C. The second kappa shape index (κ2) is 8.61. The van der Waals surface area contributed by atoms with Gasteiger partial charge in [-0.3, -0.25) is 4.79 Å². The van der Waals surface area contributed by atoms with E-state index in [4.69, 9.17) is 9.26 Å². The summed E-state index contributed by atoms with van der Waals surface area (Å²) in [5.41, 5.74) is 1.90. The van der Waals surface area contributed by atoms with Crippen LogP contribution in [0.5, 0.6) is 0 Å². The van der Waals surface area contributed by atoms with Crippen molar-refractivity contribution in [1.82, 2.24) is 10.5 Å². The fraction of sp³-hybridized carbons (Fsp3) is 0.450. The van der Waals surface area contributed by atoms with Crippen LogP contribution in [0.2, 0.25) is 0 Å². The standard InChI is InChI=1S/C20H26N2O4S/c1-12-16(13(2)26-22-12)11-27-17-10-8-7-9-15(17)19(24)25-14(3)18(23)21-20(4,5)6/h7-10,14H,11H2,1-6H3,(H,21,23)/t14-/m1/s1. The molecule has 1 atom stereocenters. The average Bonchev–Trinajstić information content (AvgIpc) is 2.90. The molecular formula is C20H26N2O4S. The highest BCUT2D eigenvalue weighted by Crippen LogP contribution is 2.29. The Morgan fingerprint density at radius 2 is 1.93 bits per heavy atom. The third kappa shape index (κ3) is 5.85. The predicted molar refractivity (Wildman–Crippen MR) is 105 cm³/mol. The van der Waals surface area contributed by atoms with Gasteiger partial charge in [-0.05, 0) is 53.7 Å². The number of carbonyl (C=O) groups excluding carboxylic acids is 2. The largest absolute Gasteiger partial charge is 0.449 e. The lowest BCUT2D eigenvalue weighted by atomic mass is 10.1. The number of amides is 1. The first-order chi connectivity index (χ1) is 12.6. The molecule has 2 rings (SSSR count). The maximum absolute atomic E-state index is 12.6. The molecule has 0 saturated carbocycles. The number of ether oxygens (including phenoxy) is 1. The summed E-state index contributed by atoms with van der Waals surface area (Å²) in [4.78, 5) is 25.5. The molecule has 1 amide bonds. The van der Waals surface area contributed by atoms with E-state index in [1.807, 2.05) is 46.8 Å². The lowest BCUT2D eigenvalue weighted by Gasteiger charge is -2.23. The van der Waals surface area contributed by atoms with E-state index in [1.54, 1.807) is 19.1 Å². The van der Waals surface area contributed by atoms with Crippen molar-refractivity contribution in [3.63, 3.8) is 0 Å². The Labute approximate surface area is 164 Å². The van der Waals surface area contributed by atoms with Gasteiger partial charge in [0.2, 0.25) is 0 Å². The van der Waals surface area contributed by atoms with Gasteiger partial charge >= 0.3 is 5.97 Å². The molecule has 0 unspecified atom stereocenters. The van der Waals surface area contributed by atoms with Crippen LogP contribution in [-0.2, 0) is 15.3 Å². The van der Waals surface area contributed by atoms with Gasteiger partial charge < -0.3 is 14.6 Å². The topological polar surface area (TPSA) is 81.4 Å². The van der Waals surface area contributed by atoms with Crippen LogP contribution in [0, 0.1) is 13.8 Å². The van der Waals surface area contributed by atoms with Gasteiger partial charge in [0, 0.05) is 21.8 Å². The summed E-state index contributed by atoms with van der Waals surface area (Å²) < 4.78 is 10.6. The van der Waals surface area contributed by atoms with Gasteiger partial charge in [-0.2, -0.15) is 0 Å². The van der Waals surface area contributed by atoms with Gasteiger partial charge in [0.1, 0.15) is 5.76 Å². The van der Waals surface area contributed by atoms with Crippen molar-refractivity contribution in [2.45, 2.75) is 63.8 Å². The average molecular weight is 391 g/mol. The second-order valence-electron chi connectivity index (χ2n) is 7.37. The molecule has 0 fully saturated rings. The highest BCUT2D eigenvalue weighted by molar-refractivity contribution is 7.98. The number of aromatic nitrogens is 1. The lowest BCUT2D eigenvalue weighted by molar-refractivity contribution is -0.130. The monoisotopic (exact) mass is 390 g/mol. The second-order valence-corrected chi connectivity index (χ2v) is 8.39. The predicted octanol–water partition coefficient (Wildman–Crippen LogP) is 4.04. The molecule has 1 N–H and O–H groups in total. The fourth-order valence-electron chi connectivity index (χ4n) is 2.37. The summed E-state index contributed by atoms with van der Waals surface area (Å²) in [5.74, 6) is 0.559. The van der Waals surface area contributed by atoms with Gasteiger partial charge in [-0.25, -0.2) is 4.79 Å². The van der Waals surface area contributed by atoms with Gasteiger partial charge in [0.25, 0.3) is 5.91 Å². The van der Waals surface area contributed by atoms with Crippen LogP contribution < -0.4 is 5.32 Å². The summed E-state index contributed by atoms with van der Waals surface area (Å²) >= 11 is 1.51. The normalized spacial score (nSPS) is 12.5. The van der Waals surface area contributed by atoms with Crippen molar-refractivity contribution in [2.75, 3.05) is 0 Å². The molecular weight excluding hydrogens is 364 g/mol. The summed E-state index contributed by atoms with van der Waals surface area (Å²) in [6, 6.07) is 7.20. The molecule has 1 aromatic carbocycles. The number of carbonyl (C=O) groups is 2. The first-order valence-electron chi connectivity index (χ1n) is 8.75. The number of nitrogens with zero attached hydrogens (tertiary/aromatic N) is 1. The molecule has 7 heteroatoms. The van der Waals surface area contributed by atoms with Gasteiger partial charge in [0.05, 0.1) is 11.3 Å². The zero-order chi connectivity index (χ0) is 20.2. The molecule has 1 heterocycles. The first kappa shape index (κ1) is 21.0. The molecule has 0 aliphatic carbocycles. The molecule has 146 valence electrons. The molecule has 6 nitrogen and oxygen atoms in total. The number of aryl methyl sites for hydroxylation is 2. The van der Waals surface area contributed by atoms with Gasteiger partial charge in [-0.15, -0.1) is 11.8 Å². The van der Waals surface area contributed by atoms with E-state index in [2.05, 4.69) is 10.5 Å². The van der Waals surface area contributed by atoms with E-state index in [1.165, 1.54) is 11.8 Å². The van der Waals surface area contributed by atoms with Crippen LogP contribution in [0.25, 0.3) is 0 Å². The Bertz CT molecular complexity index is 804. The van der Waals surface area contributed by atoms with E-state index in [0.717, 1.165) is 21.9 Å². The minimum absolute atomic E-state index is 0.322. The summed E-state index contributed by atoms with van der Waals surface area (Å²) in [6.45, 7) is 11.0. The van der Waals surface area contributed by atoms with Crippen molar-refractivity contribution in [2.24, 2.45) is 0 Å². The molecule has 27 heavy (non-hydrogen) atoms. The number of thioether (sulfide) groups is 1. The van der Waals surface area contributed by atoms with Crippen molar-refractivity contribution in [1.29, 1.82) is 0 Å². The minimum atomic E-state index is -0.877. The third-order valence-corrected chi connectivity index (χ3v) is 4.91. The fourth-order valence-corrected chi connectivity index (χ4v) is 3.56. The number of esters is 1. The Hall–Kier alpha value is -2.28. The lowest BCUT2D eigenvalue weighted by Crippen LogP contribution is -2.46. The molecule has 0 bridgehead atoms. The number of hydrogen-bond acceptors (Lipinski definition) is 6. The molecule has 0 aliphatic heterocycles. The van der Waals surface area contributed by atoms with E-state index in [0.29, 0.717) is 11.3 Å². The molecule has 0 aliphatic rings. The van der Waals surface area contributed by atoms with Crippen molar-refractivity contribution < 1.29 is 18.8 Å². The van der Waals surface area contributed by atoms with E-state index in [-0.39, 0.29) is 11.4 Å². The Balaban J connectivity index is 2.08. The number of benzene rings is 1.